The zero-order chi connectivity index (χ0) is 19.3. The van der Waals surface area contributed by atoms with E-state index in [2.05, 4.69) is 36.1 Å². The summed E-state index contributed by atoms with van der Waals surface area (Å²) in [4.78, 5) is 21.9. The summed E-state index contributed by atoms with van der Waals surface area (Å²) in [5.41, 5.74) is 2.88. The predicted molar refractivity (Wildman–Crippen MR) is 104 cm³/mol. The van der Waals surface area contributed by atoms with E-state index in [0.717, 1.165) is 24.2 Å². The number of carbonyl (C=O) groups excluding carboxylic acids is 1. The van der Waals surface area contributed by atoms with Crippen molar-refractivity contribution in [1.29, 1.82) is 0 Å². The largest absolute Gasteiger partial charge is 0.373 e. The Balaban J connectivity index is 1.50. The molecule has 4 atom stereocenters. The highest BCUT2D eigenvalue weighted by Crippen LogP contribution is 2.44. The van der Waals surface area contributed by atoms with Crippen LogP contribution in [-0.2, 0) is 4.74 Å². The van der Waals surface area contributed by atoms with Gasteiger partial charge in [-0.3, -0.25) is 9.20 Å². The third kappa shape index (κ3) is 3.59. The molecule has 1 N–H and O–H groups in total. The van der Waals surface area contributed by atoms with Gasteiger partial charge in [-0.25, -0.2) is 9.97 Å². The monoisotopic (exact) mass is 370 g/mol. The number of aromatic nitrogens is 3. The Morgan fingerprint density at radius 2 is 1.89 bits per heavy atom. The van der Waals surface area contributed by atoms with Crippen LogP contribution in [0, 0.1) is 25.7 Å². The van der Waals surface area contributed by atoms with Crippen LogP contribution >= 0.6 is 0 Å². The van der Waals surface area contributed by atoms with Crippen LogP contribution in [0.15, 0.2) is 12.4 Å². The van der Waals surface area contributed by atoms with E-state index >= 15 is 0 Å². The standard InChI is InChI=1S/C21H30N4O2/c1-12-8-13(2)25-11-22-18(19(25)23-12)20(26)24-17-14-6-7-15(17)10-16(9-14)27-21(3,4)5/h8,11,14-17H,6-7,9-10H2,1-5H3,(H,24,26)/t14-,15?,16+,17+/m0/s1. The smallest absolute Gasteiger partial charge is 0.274 e. The molecular formula is C21H30N4O2. The lowest BCUT2D eigenvalue weighted by atomic mass is 9.82. The summed E-state index contributed by atoms with van der Waals surface area (Å²) in [7, 11) is 0. The van der Waals surface area contributed by atoms with E-state index in [4.69, 9.17) is 4.74 Å². The Labute approximate surface area is 160 Å². The van der Waals surface area contributed by atoms with Crippen LogP contribution in [0.2, 0.25) is 0 Å². The van der Waals surface area contributed by atoms with Gasteiger partial charge in [-0.05, 0) is 78.2 Å². The molecule has 2 bridgehead atoms. The molecule has 1 unspecified atom stereocenters. The molecule has 2 fully saturated rings. The van der Waals surface area contributed by atoms with E-state index in [9.17, 15) is 4.79 Å². The molecule has 6 nitrogen and oxygen atoms in total. The lowest BCUT2D eigenvalue weighted by Crippen LogP contribution is -2.47. The Hall–Kier alpha value is -1.95. The number of ether oxygens (including phenoxy) is 1. The van der Waals surface area contributed by atoms with E-state index in [0.29, 0.717) is 29.3 Å². The maximum Gasteiger partial charge on any atom is 0.274 e. The molecule has 0 aromatic carbocycles. The maximum atomic E-state index is 13.0. The van der Waals surface area contributed by atoms with Crippen molar-refractivity contribution in [2.45, 2.75) is 78.0 Å². The van der Waals surface area contributed by atoms with Crippen molar-refractivity contribution in [2.75, 3.05) is 0 Å². The summed E-state index contributed by atoms with van der Waals surface area (Å²) < 4.78 is 8.11. The van der Waals surface area contributed by atoms with Gasteiger partial charge in [0.25, 0.3) is 5.91 Å². The van der Waals surface area contributed by atoms with Crippen molar-refractivity contribution < 1.29 is 9.53 Å². The molecule has 2 aromatic rings. The van der Waals surface area contributed by atoms with Crippen molar-refractivity contribution in [2.24, 2.45) is 11.8 Å². The van der Waals surface area contributed by atoms with Crippen LogP contribution in [-0.4, -0.2) is 38.0 Å². The number of hydrogen-bond acceptors (Lipinski definition) is 4. The molecule has 2 saturated carbocycles. The zero-order valence-electron chi connectivity index (χ0n) is 17.0. The Morgan fingerprint density at radius 1 is 1.22 bits per heavy atom. The van der Waals surface area contributed by atoms with E-state index < -0.39 is 0 Å². The second-order valence-corrected chi connectivity index (χ2v) is 9.25. The fourth-order valence-electron chi connectivity index (χ4n) is 4.96. The minimum Gasteiger partial charge on any atom is -0.373 e. The summed E-state index contributed by atoms with van der Waals surface area (Å²) in [5.74, 6) is 0.878. The van der Waals surface area contributed by atoms with Gasteiger partial charge in [-0.15, -0.1) is 0 Å². The molecule has 0 spiro atoms. The van der Waals surface area contributed by atoms with Gasteiger partial charge in [0.2, 0.25) is 0 Å². The summed E-state index contributed by atoms with van der Waals surface area (Å²) in [6, 6.07) is 2.22. The Kier molecular flexibility index (Phi) is 4.49. The van der Waals surface area contributed by atoms with Gasteiger partial charge in [0, 0.05) is 17.4 Å². The first-order chi connectivity index (χ1) is 12.7. The summed E-state index contributed by atoms with van der Waals surface area (Å²) in [5, 5.41) is 3.29. The fraction of sp³-hybridized carbons (Fsp3) is 0.667. The quantitative estimate of drug-likeness (QED) is 0.898. The van der Waals surface area contributed by atoms with Crippen molar-refractivity contribution in [3.8, 4) is 0 Å². The van der Waals surface area contributed by atoms with Crippen LogP contribution < -0.4 is 5.32 Å². The number of nitrogens with zero attached hydrogens (tertiary/aromatic N) is 3. The molecular weight excluding hydrogens is 340 g/mol. The van der Waals surface area contributed by atoms with Gasteiger partial charge in [0.1, 0.15) is 6.33 Å². The molecule has 27 heavy (non-hydrogen) atoms. The van der Waals surface area contributed by atoms with Gasteiger partial charge in [-0.2, -0.15) is 0 Å². The summed E-state index contributed by atoms with van der Waals surface area (Å²) in [6.45, 7) is 10.3. The molecule has 2 aromatic heterocycles. The minimum absolute atomic E-state index is 0.105. The van der Waals surface area contributed by atoms with E-state index in [-0.39, 0.29) is 17.6 Å². The van der Waals surface area contributed by atoms with E-state index in [1.54, 1.807) is 6.33 Å². The number of rotatable bonds is 3. The molecule has 146 valence electrons. The van der Waals surface area contributed by atoms with Gasteiger partial charge < -0.3 is 10.1 Å². The fourth-order valence-corrected chi connectivity index (χ4v) is 4.96. The average molecular weight is 370 g/mol. The Morgan fingerprint density at radius 3 is 2.52 bits per heavy atom. The van der Waals surface area contributed by atoms with E-state index in [1.807, 2.05) is 24.3 Å². The maximum absolute atomic E-state index is 13.0. The van der Waals surface area contributed by atoms with Crippen LogP contribution in [0.25, 0.3) is 5.65 Å². The van der Waals surface area contributed by atoms with Crippen LogP contribution in [0.5, 0.6) is 0 Å². The minimum atomic E-state index is -0.114. The van der Waals surface area contributed by atoms with Crippen molar-refractivity contribution in [3.05, 3.63) is 29.5 Å². The number of imidazole rings is 1. The first-order valence-electron chi connectivity index (χ1n) is 10.0. The molecule has 0 aliphatic heterocycles. The number of hydrogen-bond donors (Lipinski definition) is 1. The lowest BCUT2D eigenvalue weighted by molar-refractivity contribution is -0.0875. The van der Waals surface area contributed by atoms with Crippen LogP contribution in [0.4, 0.5) is 0 Å². The predicted octanol–water partition coefficient (Wildman–Crippen LogP) is 3.45. The first-order valence-corrected chi connectivity index (χ1v) is 10.0. The molecule has 6 heteroatoms. The molecule has 4 rings (SSSR count). The number of amides is 1. The third-order valence-corrected chi connectivity index (χ3v) is 5.91. The number of nitrogens with one attached hydrogen (secondary N) is 1. The second-order valence-electron chi connectivity index (χ2n) is 9.25. The topological polar surface area (TPSA) is 68.5 Å². The van der Waals surface area contributed by atoms with E-state index in [1.165, 1.54) is 12.8 Å². The van der Waals surface area contributed by atoms with Crippen molar-refractivity contribution in [3.63, 3.8) is 0 Å². The molecule has 2 heterocycles. The van der Waals surface area contributed by atoms with Crippen molar-refractivity contribution >= 4 is 11.6 Å². The molecule has 0 saturated heterocycles. The van der Waals surface area contributed by atoms with Gasteiger partial charge in [-0.1, -0.05) is 0 Å². The van der Waals surface area contributed by atoms with Crippen LogP contribution in [0.1, 0.15) is 68.3 Å². The zero-order valence-corrected chi connectivity index (χ0v) is 17.0. The summed E-state index contributed by atoms with van der Waals surface area (Å²) >= 11 is 0. The Bertz CT molecular complexity index is 853. The molecule has 2 aliphatic rings. The highest BCUT2D eigenvalue weighted by atomic mass is 16.5. The molecule has 0 radical (unpaired) electrons. The van der Waals surface area contributed by atoms with Gasteiger partial charge >= 0.3 is 0 Å². The third-order valence-electron chi connectivity index (χ3n) is 5.91. The summed E-state index contributed by atoms with van der Waals surface area (Å²) in [6.07, 6.45) is 6.38. The first kappa shape index (κ1) is 18.4. The SMILES string of the molecule is Cc1cc(C)n2cnc(C(=O)N[C@H]3C4CC[C@H]3C[C@@H](OC(C)(C)C)C4)c2n1. The highest BCUT2D eigenvalue weighted by Gasteiger charge is 2.44. The van der Waals surface area contributed by atoms with Crippen LogP contribution in [0.3, 0.4) is 0 Å². The number of carbonyl (C=O) groups is 1. The number of aryl methyl sites for hydroxylation is 2. The van der Waals surface area contributed by atoms with Crippen molar-refractivity contribution in [1.82, 2.24) is 19.7 Å². The second kappa shape index (κ2) is 6.59. The average Bonchev–Trinajstić information content (AvgIpc) is 3.05. The van der Waals surface area contributed by atoms with Gasteiger partial charge in [0.05, 0.1) is 11.7 Å². The normalized spacial score (nSPS) is 27.9. The van der Waals surface area contributed by atoms with Gasteiger partial charge in [0.15, 0.2) is 11.3 Å². The molecule has 1 amide bonds. The number of fused-ring (bicyclic) bond motifs is 3. The lowest BCUT2D eigenvalue weighted by Gasteiger charge is -2.38. The molecule has 2 aliphatic carbocycles. The highest BCUT2D eigenvalue weighted by molar-refractivity contribution is 5.98.